The Morgan fingerprint density at radius 3 is 2.88 bits per heavy atom. The van der Waals surface area contributed by atoms with E-state index in [0.29, 0.717) is 0 Å². The third-order valence-corrected chi connectivity index (χ3v) is 3.31. The average Bonchev–Trinajstić information content (AvgIpc) is 2.74. The van der Waals surface area contributed by atoms with E-state index in [1.54, 1.807) is 11.3 Å². The summed E-state index contributed by atoms with van der Waals surface area (Å²) in [6.45, 7) is 8.92. The number of aromatic nitrogens is 1. The highest BCUT2D eigenvalue weighted by Gasteiger charge is 2.14. The molecule has 92 valence electrons. The number of thiazole rings is 1. The lowest BCUT2D eigenvalue weighted by Gasteiger charge is -2.12. The lowest BCUT2D eigenvalue weighted by Crippen LogP contribution is -2.12. The van der Waals surface area contributed by atoms with E-state index in [1.165, 1.54) is 0 Å². The van der Waals surface area contributed by atoms with Crippen LogP contribution in [0.25, 0.3) is 0 Å². The molecule has 0 aliphatic carbocycles. The summed E-state index contributed by atoms with van der Waals surface area (Å²) in [4.78, 5) is 4.62. The standard InChI is InChI=1S/C12H22N2OS/c1-4-7-11(15-6-3)12-14-10(9-16-12)8-13-5-2/h9,11,13H,4-8H2,1-3H3. The third-order valence-electron chi connectivity index (χ3n) is 2.32. The normalized spacial score (nSPS) is 12.9. The Kier molecular flexibility index (Phi) is 6.61. The molecule has 0 aliphatic rings. The molecule has 4 heteroatoms. The molecule has 1 heterocycles. The Morgan fingerprint density at radius 2 is 2.25 bits per heavy atom. The predicted octanol–water partition coefficient (Wildman–Crippen LogP) is 3.13. The van der Waals surface area contributed by atoms with Gasteiger partial charge in [-0.2, -0.15) is 0 Å². The maximum absolute atomic E-state index is 5.71. The van der Waals surface area contributed by atoms with Crippen LogP contribution in [-0.4, -0.2) is 18.1 Å². The van der Waals surface area contributed by atoms with Crippen LogP contribution in [-0.2, 0) is 11.3 Å². The maximum atomic E-state index is 5.71. The van der Waals surface area contributed by atoms with Crippen molar-refractivity contribution in [2.24, 2.45) is 0 Å². The highest BCUT2D eigenvalue weighted by Crippen LogP contribution is 2.25. The highest BCUT2D eigenvalue weighted by atomic mass is 32.1. The van der Waals surface area contributed by atoms with E-state index in [0.717, 1.165) is 43.2 Å². The molecular weight excluding hydrogens is 220 g/mol. The molecule has 1 rings (SSSR count). The van der Waals surface area contributed by atoms with Gasteiger partial charge in [-0.15, -0.1) is 11.3 Å². The van der Waals surface area contributed by atoms with Crippen LogP contribution in [0.3, 0.4) is 0 Å². The molecular formula is C12H22N2OS. The summed E-state index contributed by atoms with van der Waals surface area (Å²) in [6, 6.07) is 0. The first-order chi connectivity index (χ1) is 7.81. The van der Waals surface area contributed by atoms with Crippen molar-refractivity contribution in [1.82, 2.24) is 10.3 Å². The van der Waals surface area contributed by atoms with Crippen LogP contribution in [0.2, 0.25) is 0 Å². The molecule has 0 spiro atoms. The van der Waals surface area contributed by atoms with Crippen LogP contribution >= 0.6 is 11.3 Å². The number of nitrogens with zero attached hydrogens (tertiary/aromatic N) is 1. The van der Waals surface area contributed by atoms with Crippen molar-refractivity contribution in [1.29, 1.82) is 0 Å². The quantitative estimate of drug-likeness (QED) is 0.760. The Balaban J connectivity index is 2.58. The average molecular weight is 242 g/mol. The first-order valence-electron chi connectivity index (χ1n) is 6.08. The molecule has 1 atom stereocenters. The zero-order valence-corrected chi connectivity index (χ0v) is 11.3. The van der Waals surface area contributed by atoms with E-state index in [-0.39, 0.29) is 6.10 Å². The zero-order chi connectivity index (χ0) is 11.8. The minimum absolute atomic E-state index is 0.190. The van der Waals surface area contributed by atoms with Gasteiger partial charge in [0.05, 0.1) is 5.69 Å². The van der Waals surface area contributed by atoms with Crippen molar-refractivity contribution in [3.05, 3.63) is 16.1 Å². The van der Waals surface area contributed by atoms with Crippen molar-refractivity contribution in [3.63, 3.8) is 0 Å². The third kappa shape index (κ3) is 4.20. The number of ether oxygens (including phenoxy) is 1. The fourth-order valence-electron chi connectivity index (χ4n) is 1.55. The molecule has 1 aromatic heterocycles. The van der Waals surface area contributed by atoms with Gasteiger partial charge in [-0.25, -0.2) is 4.98 Å². The van der Waals surface area contributed by atoms with Gasteiger partial charge in [0.2, 0.25) is 0 Å². The Bertz CT molecular complexity index is 282. The van der Waals surface area contributed by atoms with Gasteiger partial charge in [-0.3, -0.25) is 0 Å². The summed E-state index contributed by atoms with van der Waals surface area (Å²) in [5.74, 6) is 0. The lowest BCUT2D eigenvalue weighted by molar-refractivity contribution is 0.0554. The van der Waals surface area contributed by atoms with Crippen LogP contribution in [0.5, 0.6) is 0 Å². The second kappa shape index (κ2) is 7.76. The molecule has 1 N–H and O–H groups in total. The Hall–Kier alpha value is -0.450. The second-order valence-corrected chi connectivity index (χ2v) is 4.58. The molecule has 1 unspecified atom stereocenters. The molecule has 0 fully saturated rings. The number of rotatable bonds is 8. The molecule has 0 aromatic carbocycles. The number of nitrogens with one attached hydrogen (secondary N) is 1. The lowest BCUT2D eigenvalue weighted by atomic mass is 10.2. The molecule has 0 amide bonds. The van der Waals surface area contributed by atoms with Crippen molar-refractivity contribution in [3.8, 4) is 0 Å². The first-order valence-corrected chi connectivity index (χ1v) is 6.96. The van der Waals surface area contributed by atoms with Gasteiger partial charge < -0.3 is 10.1 Å². The van der Waals surface area contributed by atoms with Crippen LogP contribution in [0.1, 0.15) is 50.4 Å². The van der Waals surface area contributed by atoms with Crippen molar-refractivity contribution < 1.29 is 4.74 Å². The summed E-state index contributed by atoms with van der Waals surface area (Å²) in [6.07, 6.45) is 2.38. The largest absolute Gasteiger partial charge is 0.371 e. The van der Waals surface area contributed by atoms with Gasteiger partial charge >= 0.3 is 0 Å². The van der Waals surface area contributed by atoms with Crippen LogP contribution in [0.15, 0.2) is 5.38 Å². The maximum Gasteiger partial charge on any atom is 0.122 e. The summed E-state index contributed by atoms with van der Waals surface area (Å²) in [7, 11) is 0. The van der Waals surface area contributed by atoms with Crippen LogP contribution in [0.4, 0.5) is 0 Å². The molecule has 0 bridgehead atoms. The molecule has 0 saturated heterocycles. The monoisotopic (exact) mass is 242 g/mol. The van der Waals surface area contributed by atoms with Crippen molar-refractivity contribution in [2.45, 2.75) is 46.3 Å². The molecule has 3 nitrogen and oxygen atoms in total. The molecule has 16 heavy (non-hydrogen) atoms. The summed E-state index contributed by atoms with van der Waals surface area (Å²) in [5.41, 5.74) is 1.13. The Labute approximate surface area is 102 Å². The van der Waals surface area contributed by atoms with Crippen LogP contribution in [0, 0.1) is 0 Å². The molecule has 1 aromatic rings. The van der Waals surface area contributed by atoms with Gasteiger partial charge in [0.1, 0.15) is 11.1 Å². The van der Waals surface area contributed by atoms with E-state index in [9.17, 15) is 0 Å². The SMILES string of the molecule is CCCC(OCC)c1nc(CNCC)cs1. The van der Waals surface area contributed by atoms with E-state index < -0.39 is 0 Å². The minimum Gasteiger partial charge on any atom is -0.371 e. The second-order valence-electron chi connectivity index (χ2n) is 3.69. The smallest absolute Gasteiger partial charge is 0.122 e. The molecule has 0 aliphatic heterocycles. The predicted molar refractivity (Wildman–Crippen MR) is 68.8 cm³/mol. The fraction of sp³-hybridized carbons (Fsp3) is 0.750. The minimum atomic E-state index is 0.190. The van der Waals surface area contributed by atoms with Gasteiger partial charge in [-0.05, 0) is 19.9 Å². The Morgan fingerprint density at radius 1 is 1.44 bits per heavy atom. The van der Waals surface area contributed by atoms with E-state index >= 15 is 0 Å². The summed E-state index contributed by atoms with van der Waals surface area (Å²) >= 11 is 1.71. The van der Waals surface area contributed by atoms with Gasteiger partial charge in [0.25, 0.3) is 0 Å². The number of hydrogen-bond donors (Lipinski definition) is 1. The highest BCUT2D eigenvalue weighted by molar-refractivity contribution is 7.09. The van der Waals surface area contributed by atoms with Crippen LogP contribution < -0.4 is 5.32 Å². The molecule has 0 radical (unpaired) electrons. The van der Waals surface area contributed by atoms with E-state index in [1.807, 2.05) is 6.92 Å². The van der Waals surface area contributed by atoms with Crippen molar-refractivity contribution >= 4 is 11.3 Å². The van der Waals surface area contributed by atoms with Gasteiger partial charge in [-0.1, -0.05) is 20.3 Å². The summed E-state index contributed by atoms with van der Waals surface area (Å²) in [5, 5.41) is 6.53. The van der Waals surface area contributed by atoms with Gasteiger partial charge in [0, 0.05) is 18.5 Å². The number of hydrogen-bond acceptors (Lipinski definition) is 4. The van der Waals surface area contributed by atoms with E-state index in [4.69, 9.17) is 4.74 Å². The first kappa shape index (κ1) is 13.6. The van der Waals surface area contributed by atoms with Crippen molar-refractivity contribution in [2.75, 3.05) is 13.2 Å². The summed E-state index contributed by atoms with van der Waals surface area (Å²) < 4.78 is 5.71. The van der Waals surface area contributed by atoms with E-state index in [2.05, 4.69) is 29.5 Å². The topological polar surface area (TPSA) is 34.1 Å². The fourth-order valence-corrected chi connectivity index (χ4v) is 2.45. The zero-order valence-electron chi connectivity index (χ0n) is 10.5. The van der Waals surface area contributed by atoms with Gasteiger partial charge in [0.15, 0.2) is 0 Å². The molecule has 0 saturated carbocycles.